The van der Waals surface area contributed by atoms with E-state index in [4.69, 9.17) is 0 Å². The third kappa shape index (κ3) is 4.17. The van der Waals surface area contributed by atoms with Crippen LogP contribution < -0.4 is 10.6 Å². The van der Waals surface area contributed by atoms with Crippen LogP contribution in [-0.4, -0.2) is 40.4 Å². The minimum Gasteiger partial charge on any atom is -0.354 e. The van der Waals surface area contributed by atoms with E-state index in [0.29, 0.717) is 30.2 Å². The molecule has 26 heavy (non-hydrogen) atoms. The molecule has 0 spiro atoms. The highest BCUT2D eigenvalue weighted by Gasteiger charge is 2.20. The number of thioether (sulfide) groups is 1. The monoisotopic (exact) mass is 370 g/mol. The van der Waals surface area contributed by atoms with Gasteiger partial charge in [-0.25, -0.2) is 9.97 Å². The number of nitrogens with zero attached hydrogens (tertiary/aromatic N) is 4. The van der Waals surface area contributed by atoms with Gasteiger partial charge in [-0.3, -0.25) is 4.79 Å². The van der Waals surface area contributed by atoms with Crippen molar-refractivity contribution in [2.75, 3.05) is 25.0 Å². The van der Waals surface area contributed by atoms with Gasteiger partial charge in [0.1, 0.15) is 11.6 Å². The van der Waals surface area contributed by atoms with E-state index in [1.165, 1.54) is 11.8 Å². The Morgan fingerprint density at radius 1 is 1.50 bits per heavy atom. The molecule has 0 saturated carbocycles. The Bertz CT molecular complexity index is 810. The highest BCUT2D eigenvalue weighted by Crippen LogP contribution is 2.31. The van der Waals surface area contributed by atoms with Crippen molar-refractivity contribution < 1.29 is 4.79 Å². The van der Waals surface area contributed by atoms with Crippen molar-refractivity contribution in [1.29, 1.82) is 5.26 Å². The first kappa shape index (κ1) is 18.3. The molecule has 1 amide bonds. The van der Waals surface area contributed by atoms with Crippen LogP contribution in [0.2, 0.25) is 0 Å². The fourth-order valence-electron chi connectivity index (χ4n) is 2.91. The molecule has 0 unspecified atom stereocenters. The lowest BCUT2D eigenvalue weighted by molar-refractivity contribution is -0.127. The normalized spacial score (nSPS) is 18.4. The molecule has 3 rings (SSSR count). The van der Waals surface area contributed by atoms with Crippen LogP contribution in [0.5, 0.6) is 0 Å². The van der Waals surface area contributed by atoms with Crippen molar-refractivity contribution in [2.45, 2.75) is 33.1 Å². The van der Waals surface area contributed by atoms with Crippen molar-refractivity contribution in [2.24, 2.45) is 0 Å². The molecule has 8 heteroatoms. The summed E-state index contributed by atoms with van der Waals surface area (Å²) in [6.45, 7) is 6.15. The Morgan fingerprint density at radius 2 is 2.35 bits per heavy atom. The maximum Gasteiger partial charge on any atom is 0.223 e. The lowest BCUT2D eigenvalue weighted by Crippen LogP contribution is -2.27. The Labute approximate surface area is 157 Å². The zero-order valence-corrected chi connectivity index (χ0v) is 15.8. The average Bonchev–Trinajstić information content (AvgIpc) is 3.23. The Morgan fingerprint density at radius 3 is 3.00 bits per heavy atom. The zero-order chi connectivity index (χ0) is 18.5. The summed E-state index contributed by atoms with van der Waals surface area (Å²) in [7, 11) is 0. The molecule has 3 heterocycles. The molecule has 2 aliphatic heterocycles. The van der Waals surface area contributed by atoms with Crippen molar-refractivity contribution in [3.8, 4) is 6.07 Å². The maximum absolute atomic E-state index is 11.6. The van der Waals surface area contributed by atoms with Crippen LogP contribution in [0, 0.1) is 18.3 Å². The van der Waals surface area contributed by atoms with Crippen molar-refractivity contribution in [3.05, 3.63) is 33.6 Å². The van der Waals surface area contributed by atoms with E-state index >= 15 is 0 Å². The molecule has 0 atom stereocenters. The van der Waals surface area contributed by atoms with Crippen LogP contribution in [0.25, 0.3) is 5.57 Å². The molecule has 2 N–H and O–H groups in total. The summed E-state index contributed by atoms with van der Waals surface area (Å²) in [6, 6.07) is 2.26. The fraction of sp³-hybridized carbons (Fsp3) is 0.444. The summed E-state index contributed by atoms with van der Waals surface area (Å²) in [5.41, 5.74) is 3.03. The second-order valence-corrected chi connectivity index (χ2v) is 7.23. The molecule has 1 aromatic rings. The molecule has 1 fully saturated rings. The summed E-state index contributed by atoms with van der Waals surface area (Å²) in [4.78, 5) is 22.4. The number of aromatic nitrogens is 2. The summed E-state index contributed by atoms with van der Waals surface area (Å²) in [5, 5.41) is 18.8. The maximum atomic E-state index is 11.6. The lowest BCUT2D eigenvalue weighted by Gasteiger charge is -2.15. The number of hydrogen-bond donors (Lipinski definition) is 2. The molecule has 2 aliphatic rings. The molecular weight excluding hydrogens is 348 g/mol. The van der Waals surface area contributed by atoms with Crippen LogP contribution in [0.15, 0.2) is 22.3 Å². The van der Waals surface area contributed by atoms with Crippen LogP contribution in [0.1, 0.15) is 37.4 Å². The molecule has 0 bridgehead atoms. The topological polar surface area (TPSA) is 93.9 Å². The van der Waals surface area contributed by atoms with Crippen LogP contribution in [0.3, 0.4) is 0 Å². The zero-order valence-electron chi connectivity index (χ0n) is 15.0. The van der Waals surface area contributed by atoms with E-state index in [9.17, 15) is 10.1 Å². The van der Waals surface area contributed by atoms with E-state index in [1.54, 1.807) is 6.20 Å². The highest BCUT2D eigenvalue weighted by molar-refractivity contribution is 8.06. The SMILES string of the molecule is CC1=CS/C(=C(/C#N)c2nc(NCCCN3CCCC3=O)ncc2C)N1. The van der Waals surface area contributed by atoms with Gasteiger partial charge in [-0.2, -0.15) is 5.26 Å². The summed E-state index contributed by atoms with van der Waals surface area (Å²) in [5.74, 6) is 0.744. The lowest BCUT2D eigenvalue weighted by atomic mass is 10.1. The number of nitrogens with one attached hydrogen (secondary N) is 2. The molecule has 0 aliphatic carbocycles. The van der Waals surface area contributed by atoms with E-state index < -0.39 is 0 Å². The number of hydrogen-bond acceptors (Lipinski definition) is 7. The number of aryl methyl sites for hydroxylation is 1. The molecule has 0 radical (unpaired) electrons. The Kier molecular flexibility index (Phi) is 5.78. The quantitative estimate of drug-likeness (QED) is 0.587. The minimum atomic E-state index is 0.245. The molecular formula is C18H22N6OS. The molecule has 1 aromatic heterocycles. The molecule has 0 aromatic carbocycles. The second kappa shape index (κ2) is 8.23. The second-order valence-electron chi connectivity index (χ2n) is 6.35. The van der Waals surface area contributed by atoms with Crippen LogP contribution in [0.4, 0.5) is 5.95 Å². The van der Waals surface area contributed by atoms with Gasteiger partial charge >= 0.3 is 0 Å². The fourth-order valence-corrected chi connectivity index (χ4v) is 3.74. The smallest absolute Gasteiger partial charge is 0.223 e. The predicted molar refractivity (Wildman–Crippen MR) is 103 cm³/mol. The number of amides is 1. The Hall–Kier alpha value is -2.53. The number of likely N-dealkylation sites (tertiary alicyclic amines) is 1. The number of allylic oxidation sites excluding steroid dienone is 2. The Balaban J connectivity index is 1.64. The standard InChI is InChI=1S/C18H22N6OS/c1-12-10-21-18(20-6-4-8-24-7-3-5-15(24)25)23-16(12)14(9-19)17-22-13(2)11-26-17/h10-11,22H,3-8H2,1-2H3,(H,20,21,23)/b17-14-. The van der Waals surface area contributed by atoms with Gasteiger partial charge in [0, 0.05) is 37.9 Å². The van der Waals surface area contributed by atoms with E-state index in [1.807, 2.05) is 24.2 Å². The number of rotatable bonds is 6. The summed E-state index contributed by atoms with van der Waals surface area (Å²) >= 11 is 1.49. The van der Waals surface area contributed by atoms with Crippen molar-refractivity contribution in [1.82, 2.24) is 20.2 Å². The first-order valence-electron chi connectivity index (χ1n) is 8.69. The number of nitriles is 1. The summed E-state index contributed by atoms with van der Waals surface area (Å²) in [6.07, 6.45) is 4.20. The first-order chi connectivity index (χ1) is 12.6. The van der Waals surface area contributed by atoms with Gasteiger partial charge in [-0.05, 0) is 37.7 Å². The molecule has 136 valence electrons. The van der Waals surface area contributed by atoms with Crippen LogP contribution in [-0.2, 0) is 4.79 Å². The van der Waals surface area contributed by atoms with Gasteiger partial charge in [-0.1, -0.05) is 11.8 Å². The minimum absolute atomic E-state index is 0.245. The van der Waals surface area contributed by atoms with Gasteiger partial charge in [0.2, 0.25) is 11.9 Å². The highest BCUT2D eigenvalue weighted by atomic mass is 32.2. The van der Waals surface area contributed by atoms with Gasteiger partial charge in [0.15, 0.2) is 0 Å². The van der Waals surface area contributed by atoms with Gasteiger partial charge < -0.3 is 15.5 Å². The molecule has 1 saturated heterocycles. The van der Waals surface area contributed by atoms with E-state index in [0.717, 1.165) is 42.2 Å². The van der Waals surface area contributed by atoms with Crippen molar-refractivity contribution >= 4 is 29.2 Å². The van der Waals surface area contributed by atoms with Gasteiger partial charge in [0.05, 0.1) is 10.7 Å². The molecule has 7 nitrogen and oxygen atoms in total. The van der Waals surface area contributed by atoms with E-state index in [2.05, 4.69) is 26.7 Å². The third-order valence-corrected chi connectivity index (χ3v) is 5.28. The summed E-state index contributed by atoms with van der Waals surface area (Å²) < 4.78 is 0. The largest absolute Gasteiger partial charge is 0.354 e. The third-order valence-electron chi connectivity index (χ3n) is 4.27. The number of carbonyl (C=O) groups excluding carboxylic acids is 1. The predicted octanol–water partition coefficient (Wildman–Crippen LogP) is 2.60. The van der Waals surface area contributed by atoms with Gasteiger partial charge in [-0.15, -0.1) is 0 Å². The number of carbonyl (C=O) groups is 1. The van der Waals surface area contributed by atoms with Crippen LogP contribution >= 0.6 is 11.8 Å². The average molecular weight is 370 g/mol. The van der Waals surface area contributed by atoms with E-state index in [-0.39, 0.29) is 5.91 Å². The first-order valence-corrected chi connectivity index (χ1v) is 9.57. The number of anilines is 1. The van der Waals surface area contributed by atoms with Gasteiger partial charge in [0.25, 0.3) is 0 Å². The van der Waals surface area contributed by atoms with Crippen molar-refractivity contribution in [3.63, 3.8) is 0 Å².